The van der Waals surface area contributed by atoms with Crippen LogP contribution in [0.1, 0.15) is 19.9 Å². The number of aliphatic hydroxyl groups excluding tert-OH is 1. The third-order valence-electron chi connectivity index (χ3n) is 6.22. The molecule has 0 aromatic carbocycles. The van der Waals surface area contributed by atoms with E-state index in [9.17, 15) is 23.3 Å². The van der Waals surface area contributed by atoms with Gasteiger partial charge in [0, 0.05) is 0 Å². The molecule has 4 aromatic rings. The molecule has 0 radical (unpaired) electrons. The Kier molecular flexibility index (Phi) is 11.1. The first-order valence-electron chi connectivity index (χ1n) is 11.9. The molecule has 2 aliphatic heterocycles. The molecular formula is C25H23F2N10NaO6P+. The molecule has 1 unspecified atom stereocenters. The van der Waals surface area contributed by atoms with E-state index in [1.165, 1.54) is 27.9 Å². The van der Waals surface area contributed by atoms with Gasteiger partial charge in [0.2, 0.25) is 0 Å². The van der Waals surface area contributed by atoms with E-state index in [1.807, 2.05) is 0 Å². The molecule has 0 spiro atoms. The van der Waals surface area contributed by atoms with Crippen LogP contribution >= 0.6 is 8.25 Å². The quantitative estimate of drug-likeness (QED) is 0.0654. The van der Waals surface area contributed by atoms with Crippen LogP contribution in [0.25, 0.3) is 22.3 Å². The van der Waals surface area contributed by atoms with Gasteiger partial charge in [0.1, 0.15) is 6.61 Å². The predicted octanol–water partition coefficient (Wildman–Crippen LogP) is -2.32. The third kappa shape index (κ3) is 7.00. The molecule has 5 atom stereocenters. The summed E-state index contributed by atoms with van der Waals surface area (Å²) in [7, 11) is -3.07. The van der Waals surface area contributed by atoms with Crippen molar-refractivity contribution in [2.24, 2.45) is 0 Å². The van der Waals surface area contributed by atoms with Crippen molar-refractivity contribution in [3.8, 4) is 24.7 Å². The average molecular weight is 651 g/mol. The molecule has 0 aliphatic carbocycles. The number of aromatic nitrogens is 8. The van der Waals surface area contributed by atoms with Gasteiger partial charge in [-0.15, -0.1) is 17.4 Å². The number of halogens is 2. The van der Waals surface area contributed by atoms with Crippen molar-refractivity contribution in [3.63, 3.8) is 0 Å². The Morgan fingerprint density at radius 3 is 1.80 bits per heavy atom. The van der Waals surface area contributed by atoms with E-state index in [1.54, 1.807) is 18.2 Å². The summed E-state index contributed by atoms with van der Waals surface area (Å²) in [6.07, 6.45) is 16.3. The number of nitrogens with two attached hydrogens (primary N) is 2. The molecule has 0 bridgehead atoms. The Morgan fingerprint density at radius 2 is 1.40 bits per heavy atom. The van der Waals surface area contributed by atoms with Crippen molar-refractivity contribution in [3.05, 3.63) is 49.1 Å². The fourth-order valence-corrected chi connectivity index (χ4v) is 4.43. The fourth-order valence-electron chi connectivity index (χ4n) is 4.13. The van der Waals surface area contributed by atoms with Gasteiger partial charge in [-0.3, -0.25) is 9.13 Å². The van der Waals surface area contributed by atoms with Gasteiger partial charge in [0.25, 0.3) is 0 Å². The van der Waals surface area contributed by atoms with Crippen molar-refractivity contribution >= 4 is 42.2 Å². The molecule has 16 nitrogen and oxygen atoms in total. The largest absolute Gasteiger partial charge is 1.00 e. The van der Waals surface area contributed by atoms with Crippen molar-refractivity contribution in [1.29, 1.82) is 0 Å². The SMILES string of the molecule is C.C#C[C@@]1(CO)C=C[C@H](n2cnc3c(N)nc(F)nc32)O1.C#C[C@@]1(CO[P+](=O)[O-])C=C[C@H](n2cnc3c(N)nc(F)nc32)O1.[Na+]. The van der Waals surface area contributed by atoms with E-state index in [2.05, 4.69) is 46.3 Å². The Morgan fingerprint density at radius 1 is 0.956 bits per heavy atom. The molecule has 0 saturated heterocycles. The second kappa shape index (κ2) is 14.0. The maximum absolute atomic E-state index is 13.3. The van der Waals surface area contributed by atoms with Gasteiger partial charge < -0.3 is 30.9 Å². The van der Waals surface area contributed by atoms with E-state index in [-0.39, 0.29) is 84.2 Å². The number of ether oxygens (including phenoxy) is 2. The zero-order valence-corrected chi connectivity index (χ0v) is 25.5. The summed E-state index contributed by atoms with van der Waals surface area (Å²) in [5, 5.41) is 9.28. The first-order valence-corrected chi connectivity index (χ1v) is 13.0. The minimum atomic E-state index is -3.07. The van der Waals surface area contributed by atoms with Crippen molar-refractivity contribution in [2.45, 2.75) is 31.1 Å². The number of nitrogen functional groups attached to an aromatic ring is 2. The van der Waals surface area contributed by atoms with Gasteiger partial charge in [0.05, 0.1) is 19.3 Å². The van der Waals surface area contributed by atoms with Crippen LogP contribution in [0.2, 0.25) is 0 Å². The van der Waals surface area contributed by atoms with Crippen LogP contribution in [0.4, 0.5) is 20.4 Å². The first kappa shape index (κ1) is 35.5. The van der Waals surface area contributed by atoms with Crippen LogP contribution in [0.3, 0.4) is 0 Å². The monoisotopic (exact) mass is 651 g/mol. The van der Waals surface area contributed by atoms with E-state index in [0.717, 1.165) is 0 Å². The number of hydrogen-bond acceptors (Lipinski definition) is 14. The van der Waals surface area contributed by atoms with Gasteiger partial charge in [-0.2, -0.15) is 28.7 Å². The molecule has 5 N–H and O–H groups in total. The molecule has 20 heteroatoms. The molecule has 0 saturated carbocycles. The van der Waals surface area contributed by atoms with Crippen LogP contribution in [-0.2, 0) is 18.6 Å². The Bertz CT molecular complexity index is 1890. The zero-order valence-electron chi connectivity index (χ0n) is 22.6. The Labute approximate surface area is 276 Å². The predicted molar refractivity (Wildman–Crippen MR) is 148 cm³/mol. The number of anilines is 2. The second-order valence-corrected chi connectivity index (χ2v) is 9.57. The van der Waals surface area contributed by atoms with Crippen LogP contribution < -0.4 is 45.9 Å². The molecule has 228 valence electrons. The molecular weight excluding hydrogens is 628 g/mol. The fraction of sp³-hybridized carbons (Fsp3) is 0.280. The Hall–Kier alpha value is -3.94. The minimum Gasteiger partial charge on any atom is -0.566 e. The topological polar surface area (TPSA) is 227 Å². The van der Waals surface area contributed by atoms with Crippen LogP contribution in [0.15, 0.2) is 37.0 Å². The molecule has 2 aliphatic rings. The normalized spacial score (nSPS) is 23.5. The zero-order chi connectivity index (χ0) is 30.9. The van der Waals surface area contributed by atoms with Crippen molar-refractivity contribution in [2.75, 3.05) is 24.7 Å². The summed E-state index contributed by atoms with van der Waals surface area (Å²) >= 11 is 0. The number of aliphatic hydroxyl groups is 1. The number of imidazole rings is 2. The summed E-state index contributed by atoms with van der Waals surface area (Å²) < 4.78 is 55.7. The summed E-state index contributed by atoms with van der Waals surface area (Å²) in [5.74, 6) is 4.53. The van der Waals surface area contributed by atoms with E-state index < -0.39 is 44.1 Å². The van der Waals surface area contributed by atoms with Gasteiger partial charge >= 0.3 is 50.0 Å². The number of rotatable bonds is 6. The summed E-state index contributed by atoms with van der Waals surface area (Å²) in [4.78, 5) is 32.6. The summed E-state index contributed by atoms with van der Waals surface area (Å²) in [6, 6.07) is 0. The second-order valence-electron chi connectivity index (χ2n) is 8.86. The molecule has 4 aromatic heterocycles. The summed E-state index contributed by atoms with van der Waals surface area (Å²) in [5.41, 5.74) is 9.38. The van der Waals surface area contributed by atoms with E-state index in [4.69, 9.17) is 33.8 Å². The smallest absolute Gasteiger partial charge is 0.566 e. The molecule has 6 rings (SSSR count). The first-order chi connectivity index (χ1) is 20.5. The standard InChI is InChI=1S/C12H9FN5O4P.C12H10FN5O2.CH4.Na/c1-2-12(5-21-23(19)20)4-3-7(22-12)18-6-15-8-9(14)16-11(13)17-10(8)18;1-2-12(5-19)4-3-7(20-12)18-6-15-8-9(14)16-11(13)17-10(8)18;;/h1,3-4,6-7H,5H2,(H2,14,16,17);1,3-4,6-7,19H,5H2,(H2,14,16,17);1H4;/q;;;+1/t2*7-,12+;;/m11../s1. The van der Waals surface area contributed by atoms with Crippen LogP contribution in [-0.4, -0.2) is 68.6 Å². The molecule has 6 heterocycles. The Balaban J connectivity index is 0.000000237. The summed E-state index contributed by atoms with van der Waals surface area (Å²) in [6.45, 7) is -0.748. The third-order valence-corrected chi connectivity index (χ3v) is 6.56. The van der Waals surface area contributed by atoms with Gasteiger partial charge in [0.15, 0.2) is 57.6 Å². The van der Waals surface area contributed by atoms with Gasteiger partial charge in [-0.1, -0.05) is 19.3 Å². The number of terminal acetylenes is 2. The van der Waals surface area contributed by atoms with Crippen LogP contribution in [0, 0.1) is 36.8 Å². The van der Waals surface area contributed by atoms with E-state index in [0.29, 0.717) is 0 Å². The van der Waals surface area contributed by atoms with Crippen molar-refractivity contribution in [1.82, 2.24) is 39.0 Å². The van der Waals surface area contributed by atoms with Gasteiger partial charge in [-0.25, -0.2) is 9.97 Å². The molecule has 0 amide bonds. The number of nitrogens with zero attached hydrogens (tertiary/aromatic N) is 8. The molecule has 45 heavy (non-hydrogen) atoms. The minimum absolute atomic E-state index is 0. The molecule has 0 fully saturated rings. The number of fused-ring (bicyclic) bond motifs is 2. The van der Waals surface area contributed by atoms with Crippen LogP contribution in [0.5, 0.6) is 0 Å². The van der Waals surface area contributed by atoms with Gasteiger partial charge in [-0.05, 0) is 28.9 Å². The average Bonchev–Trinajstić information content (AvgIpc) is 3.77. The van der Waals surface area contributed by atoms with E-state index >= 15 is 0 Å². The van der Waals surface area contributed by atoms with Crippen molar-refractivity contribution < 1.29 is 66.9 Å². The number of hydrogen-bond donors (Lipinski definition) is 3. The maximum atomic E-state index is 13.3. The maximum Gasteiger partial charge on any atom is 1.00 e.